The van der Waals surface area contributed by atoms with Crippen molar-refractivity contribution in [2.24, 2.45) is 0 Å². The fourth-order valence-corrected chi connectivity index (χ4v) is 2.62. The summed E-state index contributed by atoms with van der Waals surface area (Å²) < 4.78 is 1.55. The quantitative estimate of drug-likeness (QED) is 0.830. The van der Waals surface area contributed by atoms with Gasteiger partial charge in [-0.1, -0.05) is 0 Å². The summed E-state index contributed by atoms with van der Waals surface area (Å²) in [6.07, 6.45) is 7.50. The smallest absolute Gasteiger partial charge is 0.266 e. The maximum absolute atomic E-state index is 11.7. The van der Waals surface area contributed by atoms with Gasteiger partial charge < -0.3 is 4.90 Å². The second-order valence-electron chi connectivity index (χ2n) is 4.74. The lowest BCUT2D eigenvalue weighted by Gasteiger charge is -2.26. The van der Waals surface area contributed by atoms with Gasteiger partial charge in [0.05, 0.1) is 6.54 Å². The third kappa shape index (κ3) is 2.50. The second-order valence-corrected chi connectivity index (χ2v) is 4.74. The Balaban J connectivity index is 1.81. The highest BCUT2D eigenvalue weighted by molar-refractivity contribution is 5.46. The van der Waals surface area contributed by atoms with E-state index >= 15 is 0 Å². The highest BCUT2D eigenvalue weighted by atomic mass is 16.1. The minimum absolute atomic E-state index is 0.0379. The molecule has 3 heterocycles. The summed E-state index contributed by atoms with van der Waals surface area (Å²) in [5.41, 5.74) is 1.13. The Morgan fingerprint density at radius 2 is 2.05 bits per heavy atom. The highest BCUT2D eigenvalue weighted by Gasteiger charge is 2.25. The first-order valence-electron chi connectivity index (χ1n) is 6.53. The van der Waals surface area contributed by atoms with E-state index in [-0.39, 0.29) is 5.56 Å². The molecule has 0 radical (unpaired) electrons. The summed E-state index contributed by atoms with van der Waals surface area (Å²) in [6.45, 7) is 1.66. The van der Waals surface area contributed by atoms with Crippen molar-refractivity contribution < 1.29 is 0 Å². The molecular weight excluding hydrogens is 240 g/mol. The molecule has 5 heteroatoms. The molecule has 0 aromatic carbocycles. The Hall–Kier alpha value is -2.17. The third-order valence-corrected chi connectivity index (χ3v) is 3.54. The molecular formula is C14H16N4O. The van der Waals surface area contributed by atoms with Crippen LogP contribution in [-0.4, -0.2) is 27.4 Å². The number of anilines is 1. The van der Waals surface area contributed by atoms with Crippen molar-refractivity contribution in [2.75, 3.05) is 11.4 Å². The minimum Gasteiger partial charge on any atom is -0.367 e. The molecule has 0 bridgehead atoms. The van der Waals surface area contributed by atoms with Crippen LogP contribution >= 0.6 is 0 Å². The van der Waals surface area contributed by atoms with Crippen LogP contribution in [0.3, 0.4) is 0 Å². The van der Waals surface area contributed by atoms with E-state index in [2.05, 4.69) is 15.0 Å². The van der Waals surface area contributed by atoms with Crippen molar-refractivity contribution in [1.29, 1.82) is 0 Å². The van der Waals surface area contributed by atoms with Gasteiger partial charge in [0.15, 0.2) is 0 Å². The van der Waals surface area contributed by atoms with Crippen LogP contribution in [0.15, 0.2) is 47.7 Å². The fourth-order valence-electron chi connectivity index (χ4n) is 2.62. The van der Waals surface area contributed by atoms with E-state index in [4.69, 9.17) is 0 Å². The molecule has 3 rings (SSSR count). The van der Waals surface area contributed by atoms with Crippen molar-refractivity contribution in [2.45, 2.75) is 25.4 Å². The number of pyridine rings is 1. The van der Waals surface area contributed by atoms with Crippen LogP contribution in [0.4, 0.5) is 5.69 Å². The van der Waals surface area contributed by atoms with Gasteiger partial charge in [-0.15, -0.1) is 0 Å². The van der Waals surface area contributed by atoms with Crippen molar-refractivity contribution in [3.8, 4) is 0 Å². The SMILES string of the molecule is O=c1cccnn1CC1CCCN1c1ccncc1. The third-order valence-electron chi connectivity index (χ3n) is 3.54. The molecule has 1 fully saturated rings. The Morgan fingerprint density at radius 1 is 1.21 bits per heavy atom. The van der Waals surface area contributed by atoms with Crippen molar-refractivity contribution in [3.63, 3.8) is 0 Å². The van der Waals surface area contributed by atoms with Gasteiger partial charge in [0.1, 0.15) is 0 Å². The van der Waals surface area contributed by atoms with Gasteiger partial charge in [-0.05, 0) is 31.0 Å². The molecule has 19 heavy (non-hydrogen) atoms. The van der Waals surface area contributed by atoms with Crippen LogP contribution < -0.4 is 10.5 Å². The molecule has 2 aromatic rings. The Kier molecular flexibility index (Phi) is 3.27. The molecule has 0 amide bonds. The van der Waals surface area contributed by atoms with E-state index in [1.54, 1.807) is 35.4 Å². The van der Waals surface area contributed by atoms with Crippen LogP contribution in [0, 0.1) is 0 Å². The summed E-state index contributed by atoms with van der Waals surface area (Å²) >= 11 is 0. The van der Waals surface area contributed by atoms with E-state index in [1.807, 2.05) is 12.1 Å². The molecule has 0 N–H and O–H groups in total. The molecule has 98 valence electrons. The van der Waals surface area contributed by atoms with Crippen molar-refractivity contribution in [1.82, 2.24) is 14.8 Å². The average Bonchev–Trinajstić information content (AvgIpc) is 2.91. The topological polar surface area (TPSA) is 51.0 Å². The zero-order chi connectivity index (χ0) is 13.1. The van der Waals surface area contributed by atoms with E-state index in [0.29, 0.717) is 12.6 Å². The van der Waals surface area contributed by atoms with Gasteiger partial charge in [0, 0.05) is 42.9 Å². The molecule has 0 spiro atoms. The number of rotatable bonds is 3. The van der Waals surface area contributed by atoms with Gasteiger partial charge >= 0.3 is 0 Å². The minimum atomic E-state index is -0.0379. The first-order valence-corrected chi connectivity index (χ1v) is 6.53. The Bertz CT molecular complexity index is 596. The molecule has 1 aliphatic rings. The summed E-state index contributed by atoms with van der Waals surface area (Å²) in [5, 5.41) is 4.14. The van der Waals surface area contributed by atoms with Crippen LogP contribution in [0.2, 0.25) is 0 Å². The molecule has 0 saturated carbocycles. The van der Waals surface area contributed by atoms with Gasteiger partial charge in [0.2, 0.25) is 0 Å². The molecule has 1 unspecified atom stereocenters. The number of hydrogen-bond acceptors (Lipinski definition) is 4. The largest absolute Gasteiger partial charge is 0.367 e. The van der Waals surface area contributed by atoms with Crippen molar-refractivity contribution in [3.05, 3.63) is 53.2 Å². The van der Waals surface area contributed by atoms with E-state index in [0.717, 1.165) is 19.4 Å². The predicted octanol–water partition coefficient (Wildman–Crippen LogP) is 1.31. The molecule has 1 saturated heterocycles. The molecule has 1 aliphatic heterocycles. The first-order chi connectivity index (χ1) is 9.34. The van der Waals surface area contributed by atoms with Crippen LogP contribution in [0.25, 0.3) is 0 Å². The molecule has 1 atom stereocenters. The zero-order valence-corrected chi connectivity index (χ0v) is 10.6. The lowest BCUT2D eigenvalue weighted by Crippen LogP contribution is -2.36. The lowest BCUT2D eigenvalue weighted by molar-refractivity contribution is 0.488. The maximum atomic E-state index is 11.7. The summed E-state index contributed by atoms with van der Waals surface area (Å²) in [5.74, 6) is 0. The maximum Gasteiger partial charge on any atom is 0.266 e. The normalized spacial score (nSPS) is 18.7. The zero-order valence-electron chi connectivity index (χ0n) is 10.6. The van der Waals surface area contributed by atoms with E-state index in [1.165, 1.54) is 5.69 Å². The lowest BCUT2D eigenvalue weighted by atomic mass is 10.2. The standard InChI is InChI=1S/C14H16N4O/c19-14-4-1-7-16-18(14)11-13-3-2-10-17(13)12-5-8-15-9-6-12/h1,4-9,13H,2-3,10-11H2. The van der Waals surface area contributed by atoms with Gasteiger partial charge in [-0.25, -0.2) is 4.68 Å². The Morgan fingerprint density at radius 3 is 2.84 bits per heavy atom. The van der Waals surface area contributed by atoms with Gasteiger partial charge in [0.25, 0.3) is 5.56 Å². The molecule has 2 aromatic heterocycles. The number of nitrogens with zero attached hydrogens (tertiary/aromatic N) is 4. The van der Waals surface area contributed by atoms with Crippen molar-refractivity contribution >= 4 is 5.69 Å². The van der Waals surface area contributed by atoms with E-state index in [9.17, 15) is 4.79 Å². The second kappa shape index (κ2) is 5.22. The summed E-state index contributed by atoms with van der Waals surface area (Å²) in [6, 6.07) is 7.58. The summed E-state index contributed by atoms with van der Waals surface area (Å²) in [7, 11) is 0. The van der Waals surface area contributed by atoms with E-state index < -0.39 is 0 Å². The van der Waals surface area contributed by atoms with Crippen LogP contribution in [-0.2, 0) is 6.54 Å². The first kappa shape index (κ1) is 11.9. The van der Waals surface area contributed by atoms with Gasteiger partial charge in [-0.3, -0.25) is 9.78 Å². The van der Waals surface area contributed by atoms with Crippen LogP contribution in [0.5, 0.6) is 0 Å². The number of hydrogen-bond donors (Lipinski definition) is 0. The average molecular weight is 256 g/mol. The Labute approximate surface area is 111 Å². The highest BCUT2D eigenvalue weighted by Crippen LogP contribution is 2.25. The summed E-state index contributed by atoms with van der Waals surface area (Å²) in [4.78, 5) is 18.1. The van der Waals surface area contributed by atoms with Gasteiger partial charge in [-0.2, -0.15) is 5.10 Å². The molecule has 5 nitrogen and oxygen atoms in total. The number of aromatic nitrogens is 3. The monoisotopic (exact) mass is 256 g/mol. The molecule has 0 aliphatic carbocycles. The predicted molar refractivity (Wildman–Crippen MR) is 73.1 cm³/mol. The fraction of sp³-hybridized carbons (Fsp3) is 0.357. The van der Waals surface area contributed by atoms with Crippen LogP contribution in [0.1, 0.15) is 12.8 Å².